The van der Waals surface area contributed by atoms with Gasteiger partial charge in [-0.05, 0) is 12.8 Å². The highest BCUT2D eigenvalue weighted by Crippen LogP contribution is 2.24. The second kappa shape index (κ2) is 7.25. The van der Waals surface area contributed by atoms with Crippen LogP contribution in [0.1, 0.15) is 24.6 Å². The number of nitrogens with one attached hydrogen (secondary N) is 1. The van der Waals surface area contributed by atoms with Crippen molar-refractivity contribution in [3.8, 4) is 0 Å². The van der Waals surface area contributed by atoms with E-state index in [2.05, 4.69) is 9.97 Å². The van der Waals surface area contributed by atoms with Crippen molar-refractivity contribution < 1.29 is 14.3 Å². The molecule has 2 rings (SSSR count). The van der Waals surface area contributed by atoms with E-state index >= 15 is 0 Å². The number of nitrogens with zero attached hydrogens (tertiary/aromatic N) is 2. The Balaban J connectivity index is 1.78. The predicted molar refractivity (Wildman–Crippen MR) is 69.8 cm³/mol. The maximum absolute atomic E-state index is 12.0. The van der Waals surface area contributed by atoms with Gasteiger partial charge in [0.2, 0.25) is 5.91 Å². The van der Waals surface area contributed by atoms with Gasteiger partial charge in [0.1, 0.15) is 12.4 Å². The summed E-state index contributed by atoms with van der Waals surface area (Å²) in [7, 11) is 1.61. The Bertz CT molecular complexity index is 380. The number of rotatable bonds is 6. The van der Waals surface area contributed by atoms with Gasteiger partial charge in [0.15, 0.2) is 0 Å². The molecule has 0 unspecified atom stereocenters. The molecule has 1 aliphatic rings. The monoisotopic (exact) mass is 267 g/mol. The summed E-state index contributed by atoms with van der Waals surface area (Å²) < 4.78 is 10.1. The number of ether oxygens (including phenoxy) is 2. The van der Waals surface area contributed by atoms with Crippen molar-refractivity contribution >= 4 is 5.91 Å². The topological polar surface area (TPSA) is 67.5 Å². The molecule has 0 aromatic carbocycles. The lowest BCUT2D eigenvalue weighted by Crippen LogP contribution is -2.41. The molecule has 1 atom stereocenters. The Morgan fingerprint density at radius 1 is 1.58 bits per heavy atom. The van der Waals surface area contributed by atoms with Gasteiger partial charge < -0.3 is 19.4 Å². The van der Waals surface area contributed by atoms with E-state index in [9.17, 15) is 4.79 Å². The SMILES string of the molecule is COCCOCC(=O)N1CCC[C@H](c2ncc[nH]2)C1. The van der Waals surface area contributed by atoms with Crippen LogP contribution in [0.15, 0.2) is 12.4 Å². The molecule has 2 heterocycles. The number of imidazole rings is 1. The Morgan fingerprint density at radius 2 is 2.47 bits per heavy atom. The number of amides is 1. The first-order valence-corrected chi connectivity index (χ1v) is 6.65. The lowest BCUT2D eigenvalue weighted by Gasteiger charge is -2.31. The maximum atomic E-state index is 12.0. The predicted octanol–water partition coefficient (Wildman–Crippen LogP) is 0.779. The zero-order chi connectivity index (χ0) is 13.5. The van der Waals surface area contributed by atoms with E-state index in [0.29, 0.717) is 19.1 Å². The molecule has 6 nitrogen and oxygen atoms in total. The number of carbonyl (C=O) groups excluding carboxylic acids is 1. The number of piperidine rings is 1. The molecule has 1 aromatic heterocycles. The Hall–Kier alpha value is -1.40. The molecule has 0 aliphatic carbocycles. The van der Waals surface area contributed by atoms with Gasteiger partial charge in [-0.2, -0.15) is 0 Å². The number of hydrogen-bond acceptors (Lipinski definition) is 4. The minimum absolute atomic E-state index is 0.0485. The van der Waals surface area contributed by atoms with Gasteiger partial charge in [0.25, 0.3) is 0 Å². The molecule has 1 aromatic rings. The third kappa shape index (κ3) is 4.04. The quantitative estimate of drug-likeness (QED) is 0.773. The smallest absolute Gasteiger partial charge is 0.248 e. The van der Waals surface area contributed by atoms with E-state index in [1.54, 1.807) is 13.3 Å². The first-order chi connectivity index (χ1) is 9.31. The van der Waals surface area contributed by atoms with Crippen molar-refractivity contribution in [2.75, 3.05) is 40.0 Å². The third-order valence-electron chi connectivity index (χ3n) is 3.34. The minimum atomic E-state index is 0.0485. The van der Waals surface area contributed by atoms with E-state index in [0.717, 1.165) is 31.8 Å². The first-order valence-electron chi connectivity index (χ1n) is 6.65. The molecule has 1 saturated heterocycles. The van der Waals surface area contributed by atoms with Crippen LogP contribution in [0.5, 0.6) is 0 Å². The summed E-state index contributed by atoms with van der Waals surface area (Å²) >= 11 is 0. The summed E-state index contributed by atoms with van der Waals surface area (Å²) in [6.07, 6.45) is 5.66. The largest absolute Gasteiger partial charge is 0.382 e. The van der Waals surface area contributed by atoms with Crippen LogP contribution in [0, 0.1) is 0 Å². The number of likely N-dealkylation sites (tertiary alicyclic amines) is 1. The van der Waals surface area contributed by atoms with E-state index in [4.69, 9.17) is 9.47 Å². The van der Waals surface area contributed by atoms with Crippen molar-refractivity contribution in [3.05, 3.63) is 18.2 Å². The third-order valence-corrected chi connectivity index (χ3v) is 3.34. The molecule has 106 valence electrons. The van der Waals surface area contributed by atoms with Crippen molar-refractivity contribution in [2.45, 2.75) is 18.8 Å². The van der Waals surface area contributed by atoms with Gasteiger partial charge in [-0.3, -0.25) is 4.79 Å². The van der Waals surface area contributed by atoms with Crippen LogP contribution in [-0.2, 0) is 14.3 Å². The average Bonchev–Trinajstić information content (AvgIpc) is 2.98. The normalized spacial score (nSPS) is 19.6. The molecule has 1 N–H and O–H groups in total. The van der Waals surface area contributed by atoms with Crippen LogP contribution in [0.4, 0.5) is 0 Å². The second-order valence-electron chi connectivity index (χ2n) is 4.70. The fraction of sp³-hybridized carbons (Fsp3) is 0.692. The highest BCUT2D eigenvalue weighted by molar-refractivity contribution is 5.77. The van der Waals surface area contributed by atoms with Gasteiger partial charge in [0.05, 0.1) is 13.2 Å². The molecule has 1 fully saturated rings. The fourth-order valence-electron chi connectivity index (χ4n) is 2.32. The number of hydrogen-bond donors (Lipinski definition) is 1. The van der Waals surface area contributed by atoms with E-state index in [1.807, 2.05) is 11.1 Å². The van der Waals surface area contributed by atoms with Crippen LogP contribution in [0.3, 0.4) is 0 Å². The first kappa shape index (κ1) is 14.0. The number of aromatic nitrogens is 2. The van der Waals surface area contributed by atoms with Gasteiger partial charge in [-0.1, -0.05) is 0 Å². The maximum Gasteiger partial charge on any atom is 0.248 e. The lowest BCUT2D eigenvalue weighted by atomic mass is 9.97. The molecule has 19 heavy (non-hydrogen) atoms. The van der Waals surface area contributed by atoms with Gasteiger partial charge in [-0.25, -0.2) is 4.98 Å². The molecule has 1 aliphatic heterocycles. The summed E-state index contributed by atoms with van der Waals surface area (Å²) in [6, 6.07) is 0. The van der Waals surface area contributed by atoms with Crippen LogP contribution >= 0.6 is 0 Å². The fourth-order valence-corrected chi connectivity index (χ4v) is 2.32. The highest BCUT2D eigenvalue weighted by atomic mass is 16.5. The molecule has 6 heteroatoms. The molecule has 0 radical (unpaired) electrons. The molecule has 0 spiro atoms. The van der Waals surface area contributed by atoms with Gasteiger partial charge in [0, 0.05) is 38.5 Å². The van der Waals surface area contributed by atoms with Crippen LogP contribution in [0.2, 0.25) is 0 Å². The van der Waals surface area contributed by atoms with E-state index in [1.165, 1.54) is 0 Å². The number of aromatic amines is 1. The summed E-state index contributed by atoms with van der Waals surface area (Å²) in [4.78, 5) is 21.3. The number of H-pyrrole nitrogens is 1. The Labute approximate surface area is 113 Å². The van der Waals surface area contributed by atoms with Gasteiger partial charge in [-0.15, -0.1) is 0 Å². The number of carbonyl (C=O) groups is 1. The molecule has 1 amide bonds. The van der Waals surface area contributed by atoms with E-state index < -0.39 is 0 Å². The zero-order valence-corrected chi connectivity index (χ0v) is 11.3. The average molecular weight is 267 g/mol. The highest BCUT2D eigenvalue weighted by Gasteiger charge is 2.25. The summed E-state index contributed by atoms with van der Waals surface area (Å²) in [6.45, 7) is 2.64. The molecular formula is C13H21N3O3. The lowest BCUT2D eigenvalue weighted by molar-refractivity contribution is -0.137. The molecular weight excluding hydrogens is 246 g/mol. The van der Waals surface area contributed by atoms with Crippen LogP contribution in [0.25, 0.3) is 0 Å². The van der Waals surface area contributed by atoms with Crippen molar-refractivity contribution in [1.29, 1.82) is 0 Å². The van der Waals surface area contributed by atoms with Crippen molar-refractivity contribution in [2.24, 2.45) is 0 Å². The summed E-state index contributed by atoms with van der Waals surface area (Å²) in [5.74, 6) is 1.33. The zero-order valence-electron chi connectivity index (χ0n) is 11.3. The van der Waals surface area contributed by atoms with E-state index in [-0.39, 0.29) is 12.5 Å². The Kier molecular flexibility index (Phi) is 5.35. The minimum Gasteiger partial charge on any atom is -0.382 e. The standard InChI is InChI=1S/C13H21N3O3/c1-18-7-8-19-10-12(17)16-6-2-3-11(9-16)13-14-4-5-15-13/h4-5,11H,2-3,6-10H2,1H3,(H,14,15)/t11-/m0/s1. The summed E-state index contributed by atoms with van der Waals surface area (Å²) in [5, 5.41) is 0. The van der Waals surface area contributed by atoms with Gasteiger partial charge >= 0.3 is 0 Å². The molecule has 0 saturated carbocycles. The van der Waals surface area contributed by atoms with Crippen LogP contribution < -0.4 is 0 Å². The van der Waals surface area contributed by atoms with Crippen molar-refractivity contribution in [3.63, 3.8) is 0 Å². The van der Waals surface area contributed by atoms with Crippen LogP contribution in [-0.4, -0.2) is 60.8 Å². The second-order valence-corrected chi connectivity index (χ2v) is 4.70. The molecule has 0 bridgehead atoms. The Morgan fingerprint density at radius 3 is 3.21 bits per heavy atom. The van der Waals surface area contributed by atoms with Crippen molar-refractivity contribution in [1.82, 2.24) is 14.9 Å². The summed E-state index contributed by atoms with van der Waals surface area (Å²) in [5.41, 5.74) is 0. The number of methoxy groups -OCH3 is 1.